The Kier molecular flexibility index (Phi) is 5.81. The molecule has 4 rings (SSSR count). The zero-order valence-corrected chi connectivity index (χ0v) is 16.8. The number of pyridine rings is 1. The predicted molar refractivity (Wildman–Crippen MR) is 110 cm³/mol. The van der Waals surface area contributed by atoms with Gasteiger partial charge in [0, 0.05) is 31.1 Å². The van der Waals surface area contributed by atoms with Crippen LogP contribution in [-0.4, -0.2) is 52.5 Å². The van der Waals surface area contributed by atoms with Crippen molar-refractivity contribution >= 4 is 17.4 Å². The molecule has 2 atom stereocenters. The van der Waals surface area contributed by atoms with Crippen LogP contribution in [-0.2, 0) is 14.3 Å². The lowest BCUT2D eigenvalue weighted by atomic mass is 9.95. The first-order valence-electron chi connectivity index (χ1n) is 10.1. The highest BCUT2D eigenvalue weighted by atomic mass is 16.5. The van der Waals surface area contributed by atoms with Crippen LogP contribution in [0.1, 0.15) is 36.9 Å². The van der Waals surface area contributed by atoms with E-state index in [2.05, 4.69) is 4.98 Å². The number of ketones is 1. The van der Waals surface area contributed by atoms with Crippen molar-refractivity contribution < 1.29 is 24.2 Å². The summed E-state index contributed by atoms with van der Waals surface area (Å²) in [6.07, 6.45) is 4.70. The van der Waals surface area contributed by atoms with Crippen molar-refractivity contribution in [3.63, 3.8) is 0 Å². The molecule has 3 heterocycles. The van der Waals surface area contributed by atoms with E-state index in [9.17, 15) is 14.7 Å². The molecule has 1 amide bonds. The summed E-state index contributed by atoms with van der Waals surface area (Å²) in [6.45, 7) is 3.33. The van der Waals surface area contributed by atoms with Gasteiger partial charge in [-0.3, -0.25) is 14.6 Å². The molecule has 1 aromatic heterocycles. The quantitative estimate of drug-likeness (QED) is 0.449. The van der Waals surface area contributed by atoms with Crippen molar-refractivity contribution in [2.45, 2.75) is 31.9 Å². The number of amides is 1. The average molecular weight is 408 g/mol. The van der Waals surface area contributed by atoms with Crippen LogP contribution >= 0.6 is 0 Å². The number of aliphatic hydroxyl groups excluding tert-OH is 1. The maximum Gasteiger partial charge on any atom is 0.295 e. The molecule has 0 bridgehead atoms. The minimum absolute atomic E-state index is 0.0674. The minimum Gasteiger partial charge on any atom is -0.507 e. The number of carbonyl (C=O) groups excluding carboxylic acids is 2. The van der Waals surface area contributed by atoms with Gasteiger partial charge in [0.15, 0.2) is 0 Å². The maximum absolute atomic E-state index is 13.0. The number of hydrogen-bond acceptors (Lipinski definition) is 6. The summed E-state index contributed by atoms with van der Waals surface area (Å²) in [7, 11) is 0. The van der Waals surface area contributed by atoms with E-state index in [4.69, 9.17) is 9.47 Å². The molecule has 156 valence electrons. The molecule has 2 saturated heterocycles. The fourth-order valence-electron chi connectivity index (χ4n) is 4.03. The van der Waals surface area contributed by atoms with Crippen molar-refractivity contribution in [1.82, 2.24) is 9.88 Å². The Bertz CT molecular complexity index is 967. The number of likely N-dealkylation sites (tertiary alicyclic amines) is 1. The van der Waals surface area contributed by atoms with Gasteiger partial charge < -0.3 is 19.5 Å². The Morgan fingerprint density at radius 2 is 2.07 bits per heavy atom. The summed E-state index contributed by atoms with van der Waals surface area (Å²) in [5.74, 6) is -0.902. The van der Waals surface area contributed by atoms with Gasteiger partial charge in [0.2, 0.25) is 0 Å². The molecule has 0 aliphatic carbocycles. The van der Waals surface area contributed by atoms with Gasteiger partial charge in [-0.15, -0.1) is 0 Å². The molecule has 0 radical (unpaired) electrons. The Labute approximate surface area is 174 Å². The summed E-state index contributed by atoms with van der Waals surface area (Å²) in [4.78, 5) is 31.4. The smallest absolute Gasteiger partial charge is 0.295 e. The van der Waals surface area contributed by atoms with Gasteiger partial charge in [-0.2, -0.15) is 0 Å². The van der Waals surface area contributed by atoms with E-state index in [1.807, 2.05) is 31.2 Å². The average Bonchev–Trinajstić information content (AvgIpc) is 3.37. The third-order valence-corrected chi connectivity index (χ3v) is 5.40. The second-order valence-corrected chi connectivity index (χ2v) is 7.33. The number of benzene rings is 1. The Balaban J connectivity index is 1.82. The van der Waals surface area contributed by atoms with E-state index in [1.54, 1.807) is 12.1 Å². The zero-order valence-electron chi connectivity index (χ0n) is 16.8. The van der Waals surface area contributed by atoms with E-state index < -0.39 is 17.7 Å². The van der Waals surface area contributed by atoms with Crippen molar-refractivity contribution in [2.24, 2.45) is 0 Å². The van der Waals surface area contributed by atoms with E-state index in [0.717, 1.165) is 12.8 Å². The lowest BCUT2D eigenvalue weighted by Gasteiger charge is -2.27. The summed E-state index contributed by atoms with van der Waals surface area (Å²) in [5.41, 5.74) is 1.21. The van der Waals surface area contributed by atoms with Crippen molar-refractivity contribution in [2.75, 3.05) is 19.8 Å². The molecule has 2 unspecified atom stereocenters. The lowest BCUT2D eigenvalue weighted by molar-refractivity contribution is -0.140. The number of Topliss-reactive ketones (excluding diaryl/α,β-unsaturated/α-hetero) is 1. The highest BCUT2D eigenvalue weighted by molar-refractivity contribution is 6.46. The summed E-state index contributed by atoms with van der Waals surface area (Å²) in [6, 6.07) is 9.78. The number of aromatic nitrogens is 1. The first-order valence-corrected chi connectivity index (χ1v) is 10.1. The Morgan fingerprint density at radius 3 is 2.77 bits per heavy atom. The molecule has 2 aliphatic heterocycles. The van der Waals surface area contributed by atoms with Crippen molar-refractivity contribution in [1.29, 1.82) is 0 Å². The van der Waals surface area contributed by atoms with Gasteiger partial charge >= 0.3 is 0 Å². The topological polar surface area (TPSA) is 89.0 Å². The largest absolute Gasteiger partial charge is 0.507 e. The Morgan fingerprint density at radius 1 is 1.27 bits per heavy atom. The van der Waals surface area contributed by atoms with E-state index in [1.165, 1.54) is 17.3 Å². The van der Waals surface area contributed by atoms with Gasteiger partial charge in [-0.05, 0) is 49.6 Å². The molecule has 0 saturated carbocycles. The molecule has 1 aromatic carbocycles. The fraction of sp³-hybridized carbons (Fsp3) is 0.348. The lowest BCUT2D eigenvalue weighted by Crippen LogP contribution is -2.36. The van der Waals surface area contributed by atoms with E-state index in [-0.39, 0.29) is 17.4 Å². The van der Waals surface area contributed by atoms with Crippen molar-refractivity contribution in [3.05, 3.63) is 65.5 Å². The number of ether oxygens (including phenoxy) is 2. The zero-order chi connectivity index (χ0) is 21.1. The molecule has 7 heteroatoms. The molecular weight excluding hydrogens is 384 g/mol. The maximum atomic E-state index is 13.0. The first kappa shape index (κ1) is 20.1. The third kappa shape index (κ3) is 3.80. The van der Waals surface area contributed by atoms with Gasteiger partial charge in [0.05, 0.1) is 24.3 Å². The van der Waals surface area contributed by atoms with Crippen LogP contribution in [0, 0.1) is 0 Å². The molecule has 2 aliphatic rings. The van der Waals surface area contributed by atoms with Crippen LogP contribution in [0.25, 0.3) is 5.76 Å². The standard InChI is InChI=1S/C23H24N2O5/c1-2-29-17-6-3-5-16(13-17)20-19(21(26)15-8-10-24-11-9-15)22(27)23(28)25(20)14-18-7-4-12-30-18/h3,5-6,8-11,13,18,20,26H,2,4,7,12,14H2,1H3/b21-19-. The highest BCUT2D eigenvalue weighted by Crippen LogP contribution is 2.40. The fourth-order valence-corrected chi connectivity index (χ4v) is 4.03. The minimum atomic E-state index is -0.720. The molecule has 7 nitrogen and oxygen atoms in total. The molecule has 30 heavy (non-hydrogen) atoms. The van der Waals surface area contributed by atoms with Gasteiger partial charge in [0.1, 0.15) is 11.5 Å². The van der Waals surface area contributed by atoms with E-state index in [0.29, 0.717) is 36.6 Å². The SMILES string of the molecule is CCOc1cccc(C2/C(=C(/O)c3ccncc3)C(=O)C(=O)N2CC2CCCO2)c1. The Hall–Kier alpha value is -3.19. The van der Waals surface area contributed by atoms with Crippen LogP contribution in [0.15, 0.2) is 54.4 Å². The summed E-state index contributed by atoms with van der Waals surface area (Å²) >= 11 is 0. The monoisotopic (exact) mass is 408 g/mol. The number of hydrogen-bond donors (Lipinski definition) is 1. The van der Waals surface area contributed by atoms with Crippen LogP contribution < -0.4 is 4.74 Å². The first-order chi connectivity index (χ1) is 14.6. The molecule has 2 aromatic rings. The second kappa shape index (κ2) is 8.67. The molecule has 0 spiro atoms. The van der Waals surface area contributed by atoms with Crippen molar-refractivity contribution in [3.8, 4) is 5.75 Å². The number of aliphatic hydroxyl groups is 1. The second-order valence-electron chi connectivity index (χ2n) is 7.33. The highest BCUT2D eigenvalue weighted by Gasteiger charge is 2.47. The summed E-state index contributed by atoms with van der Waals surface area (Å²) < 4.78 is 11.3. The van der Waals surface area contributed by atoms with Gasteiger partial charge in [-0.25, -0.2) is 0 Å². The van der Waals surface area contributed by atoms with Crippen LogP contribution in [0.4, 0.5) is 0 Å². The molecule has 2 fully saturated rings. The molecule has 1 N–H and O–H groups in total. The third-order valence-electron chi connectivity index (χ3n) is 5.40. The predicted octanol–water partition coefficient (Wildman–Crippen LogP) is 3.08. The molecular formula is C23H24N2O5. The van der Waals surface area contributed by atoms with E-state index >= 15 is 0 Å². The van der Waals surface area contributed by atoms with Gasteiger partial charge in [-0.1, -0.05) is 12.1 Å². The van der Waals surface area contributed by atoms with Crippen LogP contribution in [0.2, 0.25) is 0 Å². The summed E-state index contributed by atoms with van der Waals surface area (Å²) in [5, 5.41) is 11.0. The number of rotatable bonds is 6. The van der Waals surface area contributed by atoms with Gasteiger partial charge in [0.25, 0.3) is 11.7 Å². The number of nitrogens with zero attached hydrogens (tertiary/aromatic N) is 2. The van der Waals surface area contributed by atoms with Crippen LogP contribution in [0.3, 0.4) is 0 Å². The number of carbonyl (C=O) groups is 2. The van der Waals surface area contributed by atoms with Crippen LogP contribution in [0.5, 0.6) is 5.75 Å². The normalized spacial score (nSPS) is 23.2.